The Morgan fingerprint density at radius 1 is 1.21 bits per heavy atom. The van der Waals surface area contributed by atoms with Crippen molar-refractivity contribution in [3.63, 3.8) is 0 Å². The Hall–Kier alpha value is -0.890. The van der Waals surface area contributed by atoms with Gasteiger partial charge in [-0.05, 0) is 11.6 Å². The summed E-state index contributed by atoms with van der Waals surface area (Å²) < 4.78 is 12.8. The first-order chi connectivity index (χ1) is 6.71. The third-order valence-corrected chi connectivity index (χ3v) is 3.32. The lowest BCUT2D eigenvalue weighted by Gasteiger charge is -2.25. The van der Waals surface area contributed by atoms with Crippen LogP contribution in [0.2, 0.25) is 0 Å². The molecule has 0 saturated carbocycles. The van der Waals surface area contributed by atoms with Gasteiger partial charge in [0.15, 0.2) is 0 Å². The van der Waals surface area contributed by atoms with E-state index in [4.69, 9.17) is 0 Å². The number of rotatable bonds is 1. The normalized spacial score (nSPS) is 26.0. The summed E-state index contributed by atoms with van der Waals surface area (Å²) in [7, 11) is 0. The minimum Gasteiger partial charge on any atom is -0.212 e. The predicted octanol–water partition coefficient (Wildman–Crippen LogP) is 4.09. The Labute approximate surface area is 91.3 Å². The van der Waals surface area contributed by atoms with E-state index < -0.39 is 0 Å². The van der Waals surface area contributed by atoms with Crippen molar-refractivity contribution in [2.45, 2.75) is 10.7 Å². The average Bonchev–Trinajstić information content (AvgIpc) is 2.19. The molecule has 1 aliphatic rings. The highest BCUT2D eigenvalue weighted by Crippen LogP contribution is 2.41. The van der Waals surface area contributed by atoms with Gasteiger partial charge in [-0.2, -0.15) is 0 Å². The van der Waals surface area contributed by atoms with E-state index in [9.17, 15) is 4.39 Å². The molecule has 2 rings (SSSR count). The van der Waals surface area contributed by atoms with Gasteiger partial charge in [0.05, 0.1) is 4.32 Å². The molecule has 0 saturated heterocycles. The van der Waals surface area contributed by atoms with Crippen molar-refractivity contribution in [2.24, 2.45) is 0 Å². The van der Waals surface area contributed by atoms with E-state index in [-0.39, 0.29) is 10.2 Å². The molecule has 14 heavy (non-hydrogen) atoms. The first kappa shape index (κ1) is 9.66. The van der Waals surface area contributed by atoms with Gasteiger partial charge in [0.2, 0.25) is 0 Å². The lowest BCUT2D eigenvalue weighted by molar-refractivity contribution is 0.552. The average molecular weight is 253 g/mol. The summed E-state index contributed by atoms with van der Waals surface area (Å²) >= 11 is 3.58. The zero-order valence-corrected chi connectivity index (χ0v) is 9.17. The fourth-order valence-electron chi connectivity index (χ4n) is 1.58. The van der Waals surface area contributed by atoms with Crippen molar-refractivity contribution in [1.29, 1.82) is 0 Å². The van der Waals surface area contributed by atoms with Crippen LogP contribution in [0.5, 0.6) is 0 Å². The van der Waals surface area contributed by atoms with E-state index >= 15 is 0 Å². The third-order valence-electron chi connectivity index (χ3n) is 2.32. The van der Waals surface area contributed by atoms with Gasteiger partial charge in [0.1, 0.15) is 5.83 Å². The molecule has 1 atom stereocenters. The summed E-state index contributed by atoms with van der Waals surface area (Å²) in [4.78, 5) is 0. The molecule has 0 heterocycles. The number of hydrogen-bond acceptors (Lipinski definition) is 0. The van der Waals surface area contributed by atoms with Crippen molar-refractivity contribution in [3.8, 4) is 0 Å². The highest BCUT2D eigenvalue weighted by atomic mass is 79.9. The van der Waals surface area contributed by atoms with E-state index in [1.54, 1.807) is 6.08 Å². The van der Waals surface area contributed by atoms with Gasteiger partial charge in [-0.3, -0.25) is 0 Å². The molecule has 0 spiro atoms. The van der Waals surface area contributed by atoms with Gasteiger partial charge < -0.3 is 0 Å². The van der Waals surface area contributed by atoms with Gasteiger partial charge >= 0.3 is 0 Å². The zero-order valence-electron chi connectivity index (χ0n) is 7.58. The SMILES string of the molecule is FC1=CC=CC(Br)(c2ccccc2)C1. The number of halogens is 2. The molecule has 1 aromatic carbocycles. The first-order valence-corrected chi connectivity index (χ1v) is 5.28. The van der Waals surface area contributed by atoms with Gasteiger partial charge in [0, 0.05) is 6.42 Å². The molecule has 2 heteroatoms. The Morgan fingerprint density at radius 3 is 2.57 bits per heavy atom. The van der Waals surface area contributed by atoms with Crippen molar-refractivity contribution in [3.05, 3.63) is 60.0 Å². The predicted molar refractivity (Wildman–Crippen MR) is 60.0 cm³/mol. The van der Waals surface area contributed by atoms with Crippen LogP contribution in [0.4, 0.5) is 4.39 Å². The molecule has 0 fully saturated rings. The summed E-state index contributed by atoms with van der Waals surface area (Å²) in [6.07, 6.45) is 5.61. The molecular formula is C12H10BrF. The monoisotopic (exact) mass is 252 g/mol. The van der Waals surface area contributed by atoms with Crippen LogP contribution in [0.15, 0.2) is 54.4 Å². The largest absolute Gasteiger partial charge is 0.212 e. The van der Waals surface area contributed by atoms with Gasteiger partial charge in [-0.1, -0.05) is 58.4 Å². The van der Waals surface area contributed by atoms with Crippen molar-refractivity contribution >= 4 is 15.9 Å². The highest BCUT2D eigenvalue weighted by molar-refractivity contribution is 9.09. The molecule has 0 radical (unpaired) electrons. The molecular weight excluding hydrogens is 243 g/mol. The molecule has 72 valence electrons. The molecule has 0 aliphatic heterocycles. The van der Waals surface area contributed by atoms with E-state index in [0.29, 0.717) is 6.42 Å². The van der Waals surface area contributed by atoms with E-state index in [1.807, 2.05) is 36.4 Å². The lowest BCUT2D eigenvalue weighted by Crippen LogP contribution is -2.16. The molecule has 0 N–H and O–H groups in total. The Bertz CT molecular complexity index is 381. The number of hydrogen-bond donors (Lipinski definition) is 0. The van der Waals surface area contributed by atoms with Crippen LogP contribution < -0.4 is 0 Å². The lowest BCUT2D eigenvalue weighted by atomic mass is 9.92. The van der Waals surface area contributed by atoms with E-state index in [0.717, 1.165) is 5.56 Å². The maximum absolute atomic E-state index is 13.1. The Balaban J connectivity index is 2.35. The second-order valence-corrected chi connectivity index (χ2v) is 4.79. The Morgan fingerprint density at radius 2 is 1.93 bits per heavy atom. The quantitative estimate of drug-likeness (QED) is 0.661. The maximum Gasteiger partial charge on any atom is 0.102 e. The summed E-state index contributed by atoms with van der Waals surface area (Å²) in [5, 5.41) is 0. The van der Waals surface area contributed by atoms with Crippen LogP contribution in [0, 0.1) is 0 Å². The van der Waals surface area contributed by atoms with Crippen LogP contribution in [0.1, 0.15) is 12.0 Å². The van der Waals surface area contributed by atoms with Crippen LogP contribution in [-0.2, 0) is 4.32 Å². The Kier molecular flexibility index (Phi) is 2.55. The highest BCUT2D eigenvalue weighted by Gasteiger charge is 2.28. The molecule has 0 bridgehead atoms. The van der Waals surface area contributed by atoms with Crippen LogP contribution in [-0.4, -0.2) is 0 Å². The molecule has 1 unspecified atom stereocenters. The van der Waals surface area contributed by atoms with Gasteiger partial charge in [-0.25, -0.2) is 4.39 Å². The standard InChI is InChI=1S/C12H10BrF/c13-12(8-4-7-11(14)9-12)10-5-2-1-3-6-10/h1-8H,9H2. The third kappa shape index (κ3) is 1.80. The number of alkyl halides is 1. The van der Waals surface area contributed by atoms with E-state index in [2.05, 4.69) is 15.9 Å². The summed E-state index contributed by atoms with van der Waals surface area (Å²) in [5.74, 6) is -0.0896. The second kappa shape index (κ2) is 3.70. The minimum absolute atomic E-state index is 0.0896. The summed E-state index contributed by atoms with van der Waals surface area (Å²) in [5.41, 5.74) is 1.08. The summed E-state index contributed by atoms with van der Waals surface area (Å²) in [6.45, 7) is 0. The number of allylic oxidation sites excluding steroid dienone is 4. The van der Waals surface area contributed by atoms with Gasteiger partial charge in [-0.15, -0.1) is 0 Å². The molecule has 0 aromatic heterocycles. The maximum atomic E-state index is 13.1. The van der Waals surface area contributed by atoms with Gasteiger partial charge in [0.25, 0.3) is 0 Å². The van der Waals surface area contributed by atoms with Crippen LogP contribution in [0.25, 0.3) is 0 Å². The molecule has 1 aromatic rings. The van der Waals surface area contributed by atoms with E-state index in [1.165, 1.54) is 6.08 Å². The smallest absolute Gasteiger partial charge is 0.102 e. The fraction of sp³-hybridized carbons (Fsp3) is 0.167. The zero-order chi connectivity index (χ0) is 10.0. The van der Waals surface area contributed by atoms with Crippen LogP contribution >= 0.6 is 15.9 Å². The molecule has 0 amide bonds. The van der Waals surface area contributed by atoms with Crippen molar-refractivity contribution in [2.75, 3.05) is 0 Å². The van der Waals surface area contributed by atoms with Crippen molar-refractivity contribution in [1.82, 2.24) is 0 Å². The topological polar surface area (TPSA) is 0 Å². The second-order valence-electron chi connectivity index (χ2n) is 3.38. The molecule has 1 aliphatic carbocycles. The minimum atomic E-state index is -0.368. The first-order valence-electron chi connectivity index (χ1n) is 4.49. The molecule has 0 nitrogen and oxygen atoms in total. The fourth-order valence-corrected chi connectivity index (χ4v) is 2.27. The summed E-state index contributed by atoms with van der Waals surface area (Å²) in [6, 6.07) is 9.87. The number of benzene rings is 1. The van der Waals surface area contributed by atoms with Crippen molar-refractivity contribution < 1.29 is 4.39 Å². The van der Waals surface area contributed by atoms with Crippen LogP contribution in [0.3, 0.4) is 0 Å².